The number of methoxy groups -OCH3 is 2. The first-order valence-corrected chi connectivity index (χ1v) is 5.70. The molecule has 0 aliphatic heterocycles. The highest BCUT2D eigenvalue weighted by Gasteiger charge is 2.36. The third-order valence-electron chi connectivity index (χ3n) is 2.45. The van der Waals surface area contributed by atoms with Crippen molar-refractivity contribution in [1.82, 2.24) is 0 Å². The van der Waals surface area contributed by atoms with E-state index in [1.165, 1.54) is 31.4 Å². The molecule has 7 heteroatoms. The van der Waals surface area contributed by atoms with Gasteiger partial charge >= 0.3 is 12.1 Å². The zero-order valence-corrected chi connectivity index (χ0v) is 11.3. The minimum absolute atomic E-state index is 0.0609. The van der Waals surface area contributed by atoms with Gasteiger partial charge in [0, 0.05) is 6.08 Å². The highest BCUT2D eigenvalue weighted by molar-refractivity contribution is 5.80. The molecular formula is C14H13F3O4. The largest absolute Gasteiger partial charge is 0.493 e. The fourth-order valence-electron chi connectivity index (χ4n) is 1.60. The first kappa shape index (κ1) is 16.6. The van der Waals surface area contributed by atoms with Crippen molar-refractivity contribution >= 4 is 12.0 Å². The Bertz CT molecular complexity index is 574. The Morgan fingerprint density at radius 3 is 2.33 bits per heavy atom. The van der Waals surface area contributed by atoms with Gasteiger partial charge in [0.25, 0.3) is 0 Å². The first-order valence-electron chi connectivity index (χ1n) is 5.70. The topological polar surface area (TPSA) is 55.8 Å². The lowest BCUT2D eigenvalue weighted by atomic mass is 10.1. The summed E-state index contributed by atoms with van der Waals surface area (Å²) in [6.45, 7) is 0. The molecule has 4 nitrogen and oxygen atoms in total. The van der Waals surface area contributed by atoms with Crippen molar-refractivity contribution in [3.8, 4) is 11.5 Å². The maximum Gasteiger partial charge on any atom is 0.420 e. The van der Waals surface area contributed by atoms with Crippen LogP contribution in [0.4, 0.5) is 13.2 Å². The van der Waals surface area contributed by atoms with Crippen molar-refractivity contribution in [2.75, 3.05) is 14.2 Å². The summed E-state index contributed by atoms with van der Waals surface area (Å²) in [5.74, 6) is -1.61. The summed E-state index contributed by atoms with van der Waals surface area (Å²) in [5, 5.41) is 8.41. The quantitative estimate of drug-likeness (QED) is 0.669. The molecule has 0 spiro atoms. The van der Waals surface area contributed by atoms with Crippen molar-refractivity contribution in [1.29, 1.82) is 0 Å². The lowest BCUT2D eigenvalue weighted by molar-refractivity contribution is -0.139. The highest BCUT2D eigenvalue weighted by atomic mass is 19.4. The molecule has 0 aliphatic carbocycles. The van der Waals surface area contributed by atoms with E-state index in [1.54, 1.807) is 0 Å². The fraction of sp³-hybridized carbons (Fsp3) is 0.214. The number of hydrogen-bond acceptors (Lipinski definition) is 3. The zero-order chi connectivity index (χ0) is 16.0. The second kappa shape index (κ2) is 6.83. The lowest BCUT2D eigenvalue weighted by Gasteiger charge is -2.16. The van der Waals surface area contributed by atoms with Crippen LogP contribution in [-0.2, 0) is 11.0 Å². The van der Waals surface area contributed by atoms with Gasteiger partial charge in [0.2, 0.25) is 0 Å². The number of hydrogen-bond donors (Lipinski definition) is 1. The molecule has 0 fully saturated rings. The summed E-state index contributed by atoms with van der Waals surface area (Å²) in [4.78, 5) is 10.3. The number of carboxylic acids is 1. The van der Waals surface area contributed by atoms with E-state index in [-0.39, 0.29) is 11.3 Å². The van der Waals surface area contributed by atoms with E-state index in [9.17, 15) is 18.0 Å². The fourth-order valence-corrected chi connectivity index (χ4v) is 1.60. The Morgan fingerprint density at radius 2 is 1.86 bits per heavy atom. The van der Waals surface area contributed by atoms with Crippen LogP contribution >= 0.6 is 0 Å². The van der Waals surface area contributed by atoms with Gasteiger partial charge < -0.3 is 14.6 Å². The second-order valence-electron chi connectivity index (χ2n) is 3.86. The number of aliphatic carboxylic acids is 1. The SMILES string of the molecule is COc1cc(C=CC=CC(=O)O)cc(C(F)(F)F)c1OC. The van der Waals surface area contributed by atoms with Crippen LogP contribution in [0.2, 0.25) is 0 Å². The molecule has 1 N–H and O–H groups in total. The van der Waals surface area contributed by atoms with E-state index in [0.29, 0.717) is 0 Å². The van der Waals surface area contributed by atoms with Gasteiger partial charge in [-0.3, -0.25) is 0 Å². The molecule has 0 saturated heterocycles. The van der Waals surface area contributed by atoms with Crippen LogP contribution in [0.25, 0.3) is 6.08 Å². The summed E-state index contributed by atoms with van der Waals surface area (Å²) < 4.78 is 48.6. The average molecular weight is 302 g/mol. The van der Waals surface area contributed by atoms with E-state index < -0.39 is 23.5 Å². The van der Waals surface area contributed by atoms with E-state index in [1.807, 2.05) is 0 Å². The summed E-state index contributed by atoms with van der Waals surface area (Å²) in [6, 6.07) is 2.26. The molecule has 1 aromatic rings. The summed E-state index contributed by atoms with van der Waals surface area (Å²) in [7, 11) is 2.36. The molecule has 1 aromatic carbocycles. The molecular weight excluding hydrogens is 289 g/mol. The molecule has 21 heavy (non-hydrogen) atoms. The van der Waals surface area contributed by atoms with Crippen LogP contribution in [0.3, 0.4) is 0 Å². The molecule has 0 unspecified atom stereocenters. The number of allylic oxidation sites excluding steroid dienone is 2. The predicted octanol–water partition coefficient (Wildman–Crippen LogP) is 3.38. The van der Waals surface area contributed by atoms with Gasteiger partial charge in [-0.25, -0.2) is 4.79 Å². The van der Waals surface area contributed by atoms with E-state index in [2.05, 4.69) is 0 Å². The number of halogens is 3. The summed E-state index contributed by atoms with van der Waals surface area (Å²) in [6.07, 6.45) is 0.111. The smallest absolute Gasteiger partial charge is 0.420 e. The molecule has 0 atom stereocenters. The Labute approximate surface area is 119 Å². The highest BCUT2D eigenvalue weighted by Crippen LogP contribution is 2.42. The molecule has 0 amide bonds. The Morgan fingerprint density at radius 1 is 1.19 bits per heavy atom. The van der Waals surface area contributed by atoms with Crippen LogP contribution in [-0.4, -0.2) is 25.3 Å². The number of rotatable bonds is 5. The van der Waals surface area contributed by atoms with Gasteiger partial charge in [-0.1, -0.05) is 18.2 Å². The minimum atomic E-state index is -4.60. The Kier molecular flexibility index (Phi) is 5.40. The van der Waals surface area contributed by atoms with E-state index in [4.69, 9.17) is 14.6 Å². The predicted molar refractivity (Wildman–Crippen MR) is 70.4 cm³/mol. The number of alkyl halides is 3. The number of benzene rings is 1. The van der Waals surface area contributed by atoms with Crippen molar-refractivity contribution in [2.45, 2.75) is 6.18 Å². The molecule has 1 rings (SSSR count). The van der Waals surface area contributed by atoms with Gasteiger partial charge in [-0.15, -0.1) is 0 Å². The van der Waals surface area contributed by atoms with Gasteiger partial charge in [0.15, 0.2) is 11.5 Å². The number of carboxylic acid groups (broad SMARTS) is 1. The van der Waals surface area contributed by atoms with Crippen molar-refractivity contribution in [3.05, 3.63) is 41.5 Å². The van der Waals surface area contributed by atoms with Crippen LogP contribution in [0.5, 0.6) is 11.5 Å². The number of ether oxygens (including phenoxy) is 2. The zero-order valence-electron chi connectivity index (χ0n) is 11.3. The van der Waals surface area contributed by atoms with Gasteiger partial charge in [0.1, 0.15) is 5.56 Å². The third-order valence-corrected chi connectivity index (χ3v) is 2.45. The van der Waals surface area contributed by atoms with Crippen LogP contribution in [0.1, 0.15) is 11.1 Å². The van der Waals surface area contributed by atoms with Crippen LogP contribution < -0.4 is 9.47 Å². The molecule has 0 radical (unpaired) electrons. The van der Waals surface area contributed by atoms with E-state index >= 15 is 0 Å². The van der Waals surface area contributed by atoms with Gasteiger partial charge in [-0.05, 0) is 17.7 Å². The summed E-state index contributed by atoms with van der Waals surface area (Å²) >= 11 is 0. The van der Waals surface area contributed by atoms with Crippen molar-refractivity contribution in [3.63, 3.8) is 0 Å². The molecule has 0 saturated carbocycles. The van der Waals surface area contributed by atoms with Crippen LogP contribution in [0.15, 0.2) is 30.4 Å². The molecule has 114 valence electrons. The average Bonchev–Trinajstić information content (AvgIpc) is 2.41. The Hall–Kier alpha value is -2.44. The standard InChI is InChI=1S/C14H13F3O4/c1-20-11-8-9(5-3-4-6-12(18)19)7-10(13(11)21-2)14(15,16)17/h3-8H,1-2H3,(H,18,19). The molecule has 0 aromatic heterocycles. The summed E-state index contributed by atoms with van der Waals surface area (Å²) in [5.41, 5.74) is -0.763. The van der Waals surface area contributed by atoms with E-state index in [0.717, 1.165) is 19.3 Å². The maximum atomic E-state index is 13.0. The minimum Gasteiger partial charge on any atom is -0.493 e. The first-order chi connectivity index (χ1) is 9.79. The van der Waals surface area contributed by atoms with Crippen molar-refractivity contribution < 1.29 is 32.5 Å². The normalized spacial score (nSPS) is 12.0. The lowest BCUT2D eigenvalue weighted by Crippen LogP contribution is -2.09. The van der Waals surface area contributed by atoms with Crippen LogP contribution in [0, 0.1) is 0 Å². The molecule has 0 bridgehead atoms. The maximum absolute atomic E-state index is 13.0. The molecule has 0 heterocycles. The Balaban J connectivity index is 3.27. The van der Waals surface area contributed by atoms with Gasteiger partial charge in [-0.2, -0.15) is 13.2 Å². The third kappa shape index (κ3) is 4.55. The van der Waals surface area contributed by atoms with Gasteiger partial charge in [0.05, 0.1) is 14.2 Å². The monoisotopic (exact) mass is 302 g/mol. The molecule has 0 aliphatic rings. The number of carbonyl (C=O) groups is 1. The van der Waals surface area contributed by atoms with Crippen molar-refractivity contribution in [2.24, 2.45) is 0 Å². The second-order valence-corrected chi connectivity index (χ2v) is 3.86.